The third-order valence-corrected chi connectivity index (χ3v) is 3.32. The first-order valence-electron chi connectivity index (χ1n) is 6.53. The monoisotopic (exact) mass is 335 g/mol. The number of benzene rings is 1. The van der Waals surface area contributed by atoms with Crippen molar-refractivity contribution in [1.82, 2.24) is 4.98 Å². The average molecular weight is 336 g/mol. The molecule has 3 aromatic rings. The van der Waals surface area contributed by atoms with Crippen LogP contribution in [0.5, 0.6) is 5.88 Å². The Kier molecular flexibility index (Phi) is 3.79. The Hall–Kier alpha value is -2.80. The molecular weight excluding hydrogens is 325 g/mol. The standard InChI is InChI=1S/C15H11ClFN3O3/c1-7(21)22-15-13-9(4-5-19-15)12(14(18)23-13)20-8-2-3-11(17)10(16)6-8/h2-6,20H,18H2,1H3. The molecule has 23 heavy (non-hydrogen) atoms. The van der Waals surface area contributed by atoms with Crippen molar-refractivity contribution in [2.45, 2.75) is 6.92 Å². The second-order valence-corrected chi connectivity index (χ2v) is 5.09. The van der Waals surface area contributed by atoms with Gasteiger partial charge in [-0.3, -0.25) is 4.79 Å². The average Bonchev–Trinajstić information content (AvgIpc) is 2.80. The number of fused-ring (bicyclic) bond motifs is 1. The summed E-state index contributed by atoms with van der Waals surface area (Å²) >= 11 is 5.76. The Morgan fingerprint density at radius 1 is 1.43 bits per heavy atom. The van der Waals surface area contributed by atoms with Gasteiger partial charge in [-0.15, -0.1) is 0 Å². The zero-order chi connectivity index (χ0) is 16.6. The van der Waals surface area contributed by atoms with Crippen LogP contribution in [0.3, 0.4) is 0 Å². The van der Waals surface area contributed by atoms with E-state index in [0.29, 0.717) is 16.8 Å². The third kappa shape index (κ3) is 2.91. The lowest BCUT2D eigenvalue weighted by atomic mass is 10.2. The summed E-state index contributed by atoms with van der Waals surface area (Å²) in [4.78, 5) is 15.1. The van der Waals surface area contributed by atoms with Gasteiger partial charge in [0.15, 0.2) is 0 Å². The highest BCUT2D eigenvalue weighted by atomic mass is 35.5. The van der Waals surface area contributed by atoms with Crippen molar-refractivity contribution in [3.8, 4) is 5.88 Å². The molecule has 0 fully saturated rings. The van der Waals surface area contributed by atoms with E-state index in [4.69, 9.17) is 26.5 Å². The Morgan fingerprint density at radius 2 is 2.22 bits per heavy atom. The molecular formula is C15H11ClFN3O3. The summed E-state index contributed by atoms with van der Waals surface area (Å²) in [7, 11) is 0. The number of aromatic nitrogens is 1. The number of rotatable bonds is 3. The Morgan fingerprint density at radius 3 is 2.91 bits per heavy atom. The number of carbonyl (C=O) groups excluding carboxylic acids is 1. The number of hydrogen-bond acceptors (Lipinski definition) is 6. The molecule has 0 aliphatic rings. The number of nitrogens with zero attached hydrogens (tertiary/aromatic N) is 1. The molecule has 0 bridgehead atoms. The molecule has 0 unspecified atom stereocenters. The zero-order valence-corrected chi connectivity index (χ0v) is 12.6. The van der Waals surface area contributed by atoms with E-state index in [9.17, 15) is 9.18 Å². The van der Waals surface area contributed by atoms with Crippen LogP contribution in [0.15, 0.2) is 34.9 Å². The summed E-state index contributed by atoms with van der Waals surface area (Å²) in [5.41, 5.74) is 7.06. The normalized spacial score (nSPS) is 10.7. The first-order valence-corrected chi connectivity index (χ1v) is 6.91. The number of pyridine rings is 1. The molecule has 2 heterocycles. The van der Waals surface area contributed by atoms with E-state index in [-0.39, 0.29) is 22.4 Å². The lowest BCUT2D eigenvalue weighted by Gasteiger charge is -2.06. The number of nitrogens with two attached hydrogens (primary N) is 1. The van der Waals surface area contributed by atoms with E-state index in [0.717, 1.165) is 0 Å². The van der Waals surface area contributed by atoms with Crippen LogP contribution in [0.2, 0.25) is 5.02 Å². The van der Waals surface area contributed by atoms with Gasteiger partial charge in [0, 0.05) is 18.8 Å². The molecule has 0 amide bonds. The highest BCUT2D eigenvalue weighted by Gasteiger charge is 2.18. The number of carbonyl (C=O) groups is 1. The van der Waals surface area contributed by atoms with E-state index >= 15 is 0 Å². The van der Waals surface area contributed by atoms with Crippen LogP contribution in [0.4, 0.5) is 21.6 Å². The maximum Gasteiger partial charge on any atom is 0.309 e. The number of esters is 1. The highest BCUT2D eigenvalue weighted by Crippen LogP contribution is 2.38. The lowest BCUT2D eigenvalue weighted by Crippen LogP contribution is -2.02. The Balaban J connectivity index is 2.05. The van der Waals surface area contributed by atoms with Crippen LogP contribution in [0.25, 0.3) is 11.0 Å². The molecule has 0 spiro atoms. The second kappa shape index (κ2) is 5.77. The predicted octanol–water partition coefficient (Wildman–Crippen LogP) is 3.87. The molecule has 2 aromatic heterocycles. The van der Waals surface area contributed by atoms with E-state index < -0.39 is 11.8 Å². The Bertz CT molecular complexity index is 910. The largest absolute Gasteiger partial charge is 0.433 e. The number of furan rings is 1. The van der Waals surface area contributed by atoms with Gasteiger partial charge in [0.1, 0.15) is 11.5 Å². The molecule has 0 atom stereocenters. The van der Waals surface area contributed by atoms with Crippen LogP contribution < -0.4 is 15.8 Å². The van der Waals surface area contributed by atoms with Gasteiger partial charge in [-0.25, -0.2) is 9.37 Å². The zero-order valence-electron chi connectivity index (χ0n) is 11.9. The molecule has 3 rings (SSSR count). The summed E-state index contributed by atoms with van der Waals surface area (Å²) in [5, 5.41) is 3.55. The SMILES string of the molecule is CC(=O)Oc1nccc2c(Nc3ccc(F)c(Cl)c3)c(N)oc12. The van der Waals surface area contributed by atoms with Crippen molar-refractivity contribution in [2.75, 3.05) is 11.1 Å². The first kappa shape index (κ1) is 15.1. The molecule has 0 saturated heterocycles. The minimum atomic E-state index is -0.528. The molecule has 3 N–H and O–H groups in total. The van der Waals surface area contributed by atoms with Crippen LogP contribution in [-0.4, -0.2) is 11.0 Å². The molecule has 1 aromatic carbocycles. The first-order chi connectivity index (χ1) is 11.0. The van der Waals surface area contributed by atoms with Crippen LogP contribution >= 0.6 is 11.6 Å². The molecule has 6 nitrogen and oxygen atoms in total. The quantitative estimate of drug-likeness (QED) is 0.706. The fraction of sp³-hybridized carbons (Fsp3) is 0.0667. The van der Waals surface area contributed by atoms with E-state index in [2.05, 4.69) is 10.3 Å². The van der Waals surface area contributed by atoms with Gasteiger partial charge < -0.3 is 20.2 Å². The number of anilines is 3. The van der Waals surface area contributed by atoms with E-state index in [1.165, 1.54) is 31.3 Å². The van der Waals surface area contributed by atoms with Gasteiger partial charge in [0.05, 0.1) is 10.4 Å². The van der Waals surface area contributed by atoms with Crippen molar-refractivity contribution < 1.29 is 18.3 Å². The third-order valence-electron chi connectivity index (χ3n) is 3.03. The lowest BCUT2D eigenvalue weighted by molar-refractivity contribution is -0.132. The maximum atomic E-state index is 13.2. The topological polar surface area (TPSA) is 90.4 Å². The van der Waals surface area contributed by atoms with Crippen molar-refractivity contribution in [3.05, 3.63) is 41.3 Å². The van der Waals surface area contributed by atoms with Crippen LogP contribution in [0, 0.1) is 5.82 Å². The number of halogens is 2. The molecule has 8 heteroatoms. The summed E-state index contributed by atoms with van der Waals surface area (Å²) in [5.74, 6) is -0.961. The van der Waals surface area contributed by atoms with Gasteiger partial charge >= 0.3 is 5.97 Å². The highest BCUT2D eigenvalue weighted by molar-refractivity contribution is 6.31. The molecule has 0 aliphatic carbocycles. The molecule has 0 aliphatic heterocycles. The minimum absolute atomic E-state index is 0.0203. The second-order valence-electron chi connectivity index (χ2n) is 4.68. The predicted molar refractivity (Wildman–Crippen MR) is 84.4 cm³/mol. The van der Waals surface area contributed by atoms with Crippen molar-refractivity contribution in [3.63, 3.8) is 0 Å². The fourth-order valence-electron chi connectivity index (χ4n) is 2.07. The summed E-state index contributed by atoms with van der Waals surface area (Å²) < 4.78 is 23.6. The van der Waals surface area contributed by atoms with Gasteiger partial charge in [-0.2, -0.15) is 0 Å². The number of ether oxygens (including phenoxy) is 1. The molecule has 118 valence electrons. The summed E-state index contributed by atoms with van der Waals surface area (Å²) in [6.45, 7) is 1.26. The molecule has 0 radical (unpaired) electrons. The fourth-order valence-corrected chi connectivity index (χ4v) is 2.25. The minimum Gasteiger partial charge on any atom is -0.433 e. The smallest absolute Gasteiger partial charge is 0.309 e. The van der Waals surface area contributed by atoms with Gasteiger partial charge in [0.25, 0.3) is 5.88 Å². The van der Waals surface area contributed by atoms with E-state index in [1.807, 2.05) is 0 Å². The van der Waals surface area contributed by atoms with Crippen LogP contribution in [0.1, 0.15) is 6.92 Å². The van der Waals surface area contributed by atoms with Gasteiger partial charge in [-0.05, 0) is 24.3 Å². The van der Waals surface area contributed by atoms with Gasteiger partial charge in [-0.1, -0.05) is 11.6 Å². The van der Waals surface area contributed by atoms with E-state index in [1.54, 1.807) is 6.07 Å². The number of nitrogen functional groups attached to an aromatic ring is 1. The molecule has 0 saturated carbocycles. The summed E-state index contributed by atoms with van der Waals surface area (Å²) in [6.07, 6.45) is 1.46. The Labute approximate surface area is 135 Å². The number of hydrogen-bond donors (Lipinski definition) is 2. The maximum absolute atomic E-state index is 13.2. The summed E-state index contributed by atoms with van der Waals surface area (Å²) in [6, 6.07) is 5.81. The van der Waals surface area contributed by atoms with Crippen molar-refractivity contribution in [2.24, 2.45) is 0 Å². The van der Waals surface area contributed by atoms with Crippen molar-refractivity contribution in [1.29, 1.82) is 0 Å². The van der Waals surface area contributed by atoms with Crippen LogP contribution in [-0.2, 0) is 4.79 Å². The van der Waals surface area contributed by atoms with Crippen molar-refractivity contribution >= 4 is 45.8 Å². The van der Waals surface area contributed by atoms with Gasteiger partial charge in [0.2, 0.25) is 11.5 Å². The number of nitrogens with one attached hydrogen (secondary N) is 1.